The van der Waals surface area contributed by atoms with Gasteiger partial charge >= 0.3 is 6.11 Å². The van der Waals surface area contributed by atoms with Gasteiger partial charge in [0.05, 0.1) is 19.8 Å². The van der Waals surface area contributed by atoms with Crippen molar-refractivity contribution in [1.82, 2.24) is 0 Å². The van der Waals surface area contributed by atoms with Crippen LogP contribution in [0, 0.1) is 29.2 Å². The largest absolute Gasteiger partial charge is 0.491 e. The van der Waals surface area contributed by atoms with Crippen molar-refractivity contribution >= 4 is 0 Å². The Morgan fingerprint density at radius 3 is 2.21 bits per heavy atom. The summed E-state index contributed by atoms with van der Waals surface area (Å²) in [6.45, 7) is 0.819. The van der Waals surface area contributed by atoms with Crippen molar-refractivity contribution in [1.29, 1.82) is 0 Å². The molecule has 1 heterocycles. The lowest BCUT2D eigenvalue weighted by Gasteiger charge is -2.28. The van der Waals surface area contributed by atoms with E-state index in [1.807, 2.05) is 0 Å². The molecule has 0 unspecified atom stereocenters. The summed E-state index contributed by atoms with van der Waals surface area (Å²) in [4.78, 5) is 0. The Morgan fingerprint density at radius 2 is 1.58 bits per heavy atom. The molecule has 0 N–H and O–H groups in total. The highest BCUT2D eigenvalue weighted by Crippen LogP contribution is 2.39. The van der Waals surface area contributed by atoms with E-state index in [0.29, 0.717) is 12.1 Å². The number of benzene rings is 2. The van der Waals surface area contributed by atoms with E-state index in [0.717, 1.165) is 12.1 Å². The quantitative estimate of drug-likeness (QED) is 0.345. The zero-order chi connectivity index (χ0) is 24.2. The van der Waals surface area contributed by atoms with Gasteiger partial charge in [-0.2, -0.15) is 17.6 Å². The summed E-state index contributed by atoms with van der Waals surface area (Å²) in [7, 11) is 0. The maximum atomic E-state index is 14.5. The minimum atomic E-state index is -4.54. The van der Waals surface area contributed by atoms with E-state index in [-0.39, 0.29) is 25.7 Å². The Hall–Kier alpha value is -2.79. The van der Waals surface area contributed by atoms with E-state index in [1.165, 1.54) is 19.1 Å². The Kier molecular flexibility index (Phi) is 7.85. The smallest absolute Gasteiger partial charge is 0.429 e. The van der Waals surface area contributed by atoms with Crippen molar-refractivity contribution < 1.29 is 49.7 Å². The molecule has 11 heteroatoms. The van der Waals surface area contributed by atoms with Crippen molar-refractivity contribution in [2.45, 2.75) is 19.3 Å². The van der Waals surface area contributed by atoms with Crippen LogP contribution in [0.15, 0.2) is 36.4 Å². The summed E-state index contributed by atoms with van der Waals surface area (Å²) in [5.74, 6) is -9.14. The number of allylic oxidation sites excluding steroid dienone is 1. The summed E-state index contributed by atoms with van der Waals surface area (Å²) in [5.41, 5.74) is -1.95. The third-order valence-corrected chi connectivity index (χ3v) is 4.65. The molecule has 1 aliphatic heterocycles. The molecule has 1 aliphatic rings. The molecule has 2 aromatic carbocycles. The van der Waals surface area contributed by atoms with Gasteiger partial charge < -0.3 is 18.9 Å². The summed E-state index contributed by atoms with van der Waals surface area (Å²) < 4.78 is 118. The van der Waals surface area contributed by atoms with Crippen molar-refractivity contribution in [2.24, 2.45) is 5.92 Å². The first-order chi connectivity index (χ1) is 15.7. The van der Waals surface area contributed by atoms with Gasteiger partial charge in [-0.05, 0) is 31.2 Å². The first-order valence-corrected chi connectivity index (χ1v) is 9.81. The molecule has 3 rings (SSSR count). The molecule has 4 nitrogen and oxygen atoms in total. The summed E-state index contributed by atoms with van der Waals surface area (Å²) in [6, 6.07) is 2.87. The van der Waals surface area contributed by atoms with Crippen LogP contribution in [0.25, 0.3) is 0 Å². The summed E-state index contributed by atoms with van der Waals surface area (Å²) in [5, 5.41) is 0. The highest BCUT2D eigenvalue weighted by molar-refractivity contribution is 5.35. The molecule has 0 amide bonds. The first kappa shape index (κ1) is 24.8. The van der Waals surface area contributed by atoms with Crippen LogP contribution in [0.3, 0.4) is 0 Å². The van der Waals surface area contributed by atoms with Crippen LogP contribution in [-0.2, 0) is 15.6 Å². The SMILES string of the molecule is CCOc1ccc(C(F)(F)Oc2ccc(C3OCC(/C=C/CF)CO3)c(F)c2F)c(F)c1F. The lowest BCUT2D eigenvalue weighted by Crippen LogP contribution is -2.27. The van der Waals surface area contributed by atoms with E-state index in [9.17, 15) is 30.7 Å². The fourth-order valence-corrected chi connectivity index (χ4v) is 3.08. The van der Waals surface area contributed by atoms with Crippen molar-refractivity contribution in [3.63, 3.8) is 0 Å². The highest BCUT2D eigenvalue weighted by Gasteiger charge is 2.41. The van der Waals surface area contributed by atoms with E-state index in [1.54, 1.807) is 0 Å². The zero-order valence-electron chi connectivity index (χ0n) is 17.2. The van der Waals surface area contributed by atoms with Crippen molar-refractivity contribution in [2.75, 3.05) is 26.5 Å². The molecule has 0 aromatic heterocycles. The molecule has 2 aromatic rings. The summed E-state index contributed by atoms with van der Waals surface area (Å²) >= 11 is 0. The standard InChI is InChI=1S/C22H19F7O4/c1-2-30-15-8-6-14(18(25)19(15)26)22(28,29)33-16-7-5-13(17(24)20(16)27)21-31-10-12(11-32-21)4-3-9-23/h3-8,12,21H,2,9-11H2,1H3/b4-3+. The number of alkyl halides is 3. The first-order valence-electron chi connectivity index (χ1n) is 9.81. The Bertz CT molecular complexity index is 1000. The zero-order valence-corrected chi connectivity index (χ0v) is 17.2. The minimum absolute atomic E-state index is 0.0289. The maximum Gasteiger partial charge on any atom is 0.429 e. The molecule has 0 saturated carbocycles. The van der Waals surface area contributed by atoms with E-state index in [4.69, 9.17) is 14.2 Å². The van der Waals surface area contributed by atoms with Gasteiger partial charge in [-0.15, -0.1) is 0 Å². The normalized spacial score (nSPS) is 19.2. The van der Waals surface area contributed by atoms with E-state index >= 15 is 0 Å². The third-order valence-electron chi connectivity index (χ3n) is 4.65. The highest BCUT2D eigenvalue weighted by atomic mass is 19.3. The van der Waals surface area contributed by atoms with Crippen molar-refractivity contribution in [3.8, 4) is 11.5 Å². The second-order valence-corrected chi connectivity index (χ2v) is 6.91. The molecule has 33 heavy (non-hydrogen) atoms. The van der Waals surface area contributed by atoms with Gasteiger partial charge in [-0.25, -0.2) is 13.2 Å². The van der Waals surface area contributed by atoms with Crippen molar-refractivity contribution in [3.05, 3.63) is 70.8 Å². The maximum absolute atomic E-state index is 14.5. The molecule has 0 spiro atoms. The van der Waals surface area contributed by atoms with Crippen LogP contribution < -0.4 is 9.47 Å². The van der Waals surface area contributed by atoms with Crippen LogP contribution in [0.5, 0.6) is 11.5 Å². The topological polar surface area (TPSA) is 36.9 Å². The second-order valence-electron chi connectivity index (χ2n) is 6.91. The lowest BCUT2D eigenvalue weighted by molar-refractivity contribution is -0.199. The van der Waals surface area contributed by atoms with Crippen LogP contribution in [-0.4, -0.2) is 26.5 Å². The van der Waals surface area contributed by atoms with Gasteiger partial charge in [-0.1, -0.05) is 12.2 Å². The molecule has 0 bridgehead atoms. The Balaban J connectivity index is 1.79. The van der Waals surface area contributed by atoms with Crippen LogP contribution >= 0.6 is 0 Å². The Morgan fingerprint density at radius 1 is 0.939 bits per heavy atom. The average molecular weight is 480 g/mol. The molecule has 1 fully saturated rings. The van der Waals surface area contributed by atoms with Gasteiger partial charge in [0.15, 0.2) is 29.4 Å². The predicted octanol–water partition coefficient (Wildman–Crippen LogP) is 5.96. The number of hydrogen-bond acceptors (Lipinski definition) is 4. The van der Waals surface area contributed by atoms with Gasteiger partial charge in [0.2, 0.25) is 11.6 Å². The Labute approximate surface area is 184 Å². The van der Waals surface area contributed by atoms with Crippen LogP contribution in [0.1, 0.15) is 24.3 Å². The molecule has 0 radical (unpaired) electrons. The number of hydrogen-bond donors (Lipinski definition) is 0. The second kappa shape index (κ2) is 10.4. The average Bonchev–Trinajstić information content (AvgIpc) is 2.79. The van der Waals surface area contributed by atoms with E-state index < -0.39 is 65.0 Å². The number of halogens is 7. The molecular weight excluding hydrogens is 461 g/mol. The molecular formula is C22H19F7O4. The lowest BCUT2D eigenvalue weighted by atomic mass is 10.1. The van der Waals surface area contributed by atoms with Crippen LogP contribution in [0.2, 0.25) is 0 Å². The summed E-state index contributed by atoms with van der Waals surface area (Å²) in [6.07, 6.45) is -3.11. The molecule has 0 aliphatic carbocycles. The minimum Gasteiger partial charge on any atom is -0.491 e. The third kappa shape index (κ3) is 5.41. The fraction of sp³-hybridized carbons (Fsp3) is 0.364. The van der Waals surface area contributed by atoms with Gasteiger partial charge in [0.25, 0.3) is 0 Å². The van der Waals surface area contributed by atoms with Gasteiger partial charge in [-0.3, -0.25) is 0 Å². The predicted molar refractivity (Wildman–Crippen MR) is 102 cm³/mol. The monoisotopic (exact) mass is 480 g/mol. The van der Waals surface area contributed by atoms with Gasteiger partial charge in [0.1, 0.15) is 12.2 Å². The van der Waals surface area contributed by atoms with Crippen LogP contribution in [0.4, 0.5) is 30.7 Å². The molecule has 180 valence electrons. The number of rotatable bonds is 8. The fourth-order valence-electron chi connectivity index (χ4n) is 3.08. The number of ether oxygens (including phenoxy) is 4. The van der Waals surface area contributed by atoms with Gasteiger partial charge in [0, 0.05) is 11.5 Å². The van der Waals surface area contributed by atoms with E-state index in [2.05, 4.69) is 4.74 Å². The molecule has 1 saturated heterocycles. The molecule has 0 atom stereocenters.